The van der Waals surface area contributed by atoms with E-state index in [0.717, 1.165) is 23.0 Å². The molecule has 2 nitrogen and oxygen atoms in total. The summed E-state index contributed by atoms with van der Waals surface area (Å²) in [5.74, 6) is 0.287. The van der Waals surface area contributed by atoms with Crippen LogP contribution in [0.3, 0.4) is 0 Å². The van der Waals surface area contributed by atoms with Crippen LogP contribution in [0.5, 0.6) is 0 Å². The predicted molar refractivity (Wildman–Crippen MR) is 82.0 cm³/mol. The zero-order valence-electron chi connectivity index (χ0n) is 11.1. The minimum absolute atomic E-state index is 0.0763. The van der Waals surface area contributed by atoms with E-state index in [1.54, 1.807) is 11.3 Å². The maximum absolute atomic E-state index is 12.2. The van der Waals surface area contributed by atoms with Crippen molar-refractivity contribution in [3.05, 3.63) is 44.3 Å². The molecule has 0 atom stereocenters. The van der Waals surface area contributed by atoms with Gasteiger partial charge in [0.15, 0.2) is 5.78 Å². The van der Waals surface area contributed by atoms with Crippen LogP contribution >= 0.6 is 27.3 Å². The molecule has 1 aliphatic rings. The molecule has 4 heteroatoms. The smallest absolute Gasteiger partial charge is 0.165 e. The van der Waals surface area contributed by atoms with Crippen LogP contribution in [0.1, 0.15) is 41.2 Å². The summed E-state index contributed by atoms with van der Waals surface area (Å²) in [6.07, 6.45) is 3.69. The number of carbonyl (C=O) groups is 1. The second-order valence-corrected chi connectivity index (χ2v) is 7.79. The first-order chi connectivity index (χ1) is 8.96. The minimum Gasteiger partial charge on any atom is -0.345 e. The first-order valence-electron chi connectivity index (χ1n) is 6.39. The van der Waals surface area contributed by atoms with Gasteiger partial charge in [-0.1, -0.05) is 13.8 Å². The van der Waals surface area contributed by atoms with Crippen LogP contribution in [0.2, 0.25) is 0 Å². The summed E-state index contributed by atoms with van der Waals surface area (Å²) in [7, 11) is 0. The zero-order valence-corrected chi connectivity index (χ0v) is 13.5. The molecule has 2 heterocycles. The van der Waals surface area contributed by atoms with E-state index in [1.807, 2.05) is 6.07 Å². The van der Waals surface area contributed by atoms with Crippen LogP contribution in [-0.4, -0.2) is 10.4 Å². The molecule has 2 aromatic rings. The van der Waals surface area contributed by atoms with Crippen molar-refractivity contribution in [3.63, 3.8) is 0 Å². The standard InChI is InChI=1S/C15H16BrNOS/c1-15(2)7-12-10(13(18)8-15)3-5-17(12)9-14-11(16)4-6-19-14/h3-6H,7-9H2,1-2H3. The summed E-state index contributed by atoms with van der Waals surface area (Å²) >= 11 is 5.32. The lowest BCUT2D eigenvalue weighted by Gasteiger charge is -2.29. The normalized spacial score (nSPS) is 17.5. The molecular weight excluding hydrogens is 322 g/mol. The molecule has 0 amide bonds. The Balaban J connectivity index is 1.97. The number of thiophene rings is 1. The van der Waals surface area contributed by atoms with Gasteiger partial charge in [0, 0.05) is 33.2 Å². The van der Waals surface area contributed by atoms with Crippen molar-refractivity contribution in [1.29, 1.82) is 0 Å². The fraction of sp³-hybridized carbons (Fsp3) is 0.400. The van der Waals surface area contributed by atoms with E-state index in [0.29, 0.717) is 6.42 Å². The summed E-state index contributed by atoms with van der Waals surface area (Å²) in [5.41, 5.74) is 2.20. The number of Topliss-reactive ketones (excluding diaryl/α,β-unsaturated/α-hetero) is 1. The summed E-state index contributed by atoms with van der Waals surface area (Å²) in [4.78, 5) is 13.5. The second-order valence-electron chi connectivity index (χ2n) is 5.94. The second kappa shape index (κ2) is 4.60. The molecule has 0 aromatic carbocycles. The molecule has 100 valence electrons. The van der Waals surface area contributed by atoms with Crippen molar-refractivity contribution in [2.75, 3.05) is 0 Å². The van der Waals surface area contributed by atoms with Gasteiger partial charge < -0.3 is 4.57 Å². The number of carbonyl (C=O) groups excluding carboxylic acids is 1. The third kappa shape index (κ3) is 2.43. The fourth-order valence-electron chi connectivity index (χ4n) is 2.74. The number of nitrogens with zero attached hydrogens (tertiary/aromatic N) is 1. The van der Waals surface area contributed by atoms with E-state index in [2.05, 4.69) is 52.0 Å². The Bertz CT molecular complexity index is 638. The van der Waals surface area contributed by atoms with Gasteiger partial charge in [0.2, 0.25) is 0 Å². The molecule has 0 saturated carbocycles. The number of ketones is 1. The van der Waals surface area contributed by atoms with Crippen LogP contribution in [0.25, 0.3) is 0 Å². The monoisotopic (exact) mass is 337 g/mol. The lowest BCUT2D eigenvalue weighted by Crippen LogP contribution is -2.28. The van der Waals surface area contributed by atoms with Gasteiger partial charge in [-0.25, -0.2) is 0 Å². The summed E-state index contributed by atoms with van der Waals surface area (Å²) in [6, 6.07) is 4.06. The number of aromatic nitrogens is 1. The molecule has 0 radical (unpaired) electrons. The highest BCUT2D eigenvalue weighted by molar-refractivity contribution is 9.10. The molecule has 2 aromatic heterocycles. The van der Waals surface area contributed by atoms with Crippen molar-refractivity contribution in [2.45, 2.75) is 33.2 Å². The Hall–Kier alpha value is -0.870. The van der Waals surface area contributed by atoms with Crippen LogP contribution in [0.15, 0.2) is 28.2 Å². The molecule has 19 heavy (non-hydrogen) atoms. The summed E-state index contributed by atoms with van der Waals surface area (Å²) in [5, 5.41) is 2.09. The topological polar surface area (TPSA) is 22.0 Å². The van der Waals surface area contributed by atoms with Gasteiger partial charge in [-0.05, 0) is 45.3 Å². The average molecular weight is 338 g/mol. The lowest BCUT2D eigenvalue weighted by molar-refractivity contribution is 0.0910. The number of rotatable bonds is 2. The van der Waals surface area contributed by atoms with Gasteiger partial charge in [0.25, 0.3) is 0 Å². The highest BCUT2D eigenvalue weighted by Crippen LogP contribution is 2.36. The van der Waals surface area contributed by atoms with Crippen molar-refractivity contribution < 1.29 is 4.79 Å². The Morgan fingerprint density at radius 2 is 2.16 bits per heavy atom. The number of hydrogen-bond donors (Lipinski definition) is 0. The van der Waals surface area contributed by atoms with Crippen molar-refractivity contribution >= 4 is 33.0 Å². The zero-order chi connectivity index (χ0) is 13.6. The van der Waals surface area contributed by atoms with Crippen molar-refractivity contribution in [3.8, 4) is 0 Å². The van der Waals surface area contributed by atoms with Crippen LogP contribution in [-0.2, 0) is 13.0 Å². The molecule has 0 fully saturated rings. The van der Waals surface area contributed by atoms with Crippen LogP contribution in [0, 0.1) is 5.41 Å². The van der Waals surface area contributed by atoms with Crippen molar-refractivity contribution in [1.82, 2.24) is 4.57 Å². The van der Waals surface area contributed by atoms with E-state index in [-0.39, 0.29) is 11.2 Å². The van der Waals surface area contributed by atoms with E-state index >= 15 is 0 Å². The first-order valence-corrected chi connectivity index (χ1v) is 8.07. The van der Waals surface area contributed by atoms with E-state index < -0.39 is 0 Å². The van der Waals surface area contributed by atoms with Gasteiger partial charge >= 0.3 is 0 Å². The molecule has 3 rings (SSSR count). The van der Waals surface area contributed by atoms with Gasteiger partial charge in [-0.2, -0.15) is 0 Å². The first kappa shape index (κ1) is 13.1. The average Bonchev–Trinajstić information content (AvgIpc) is 2.87. The van der Waals surface area contributed by atoms with Gasteiger partial charge in [-0.15, -0.1) is 11.3 Å². The minimum atomic E-state index is 0.0763. The Kier molecular flexibility index (Phi) is 3.18. The van der Waals surface area contributed by atoms with Gasteiger partial charge in [0.1, 0.15) is 0 Å². The summed E-state index contributed by atoms with van der Waals surface area (Å²) in [6.45, 7) is 5.19. The van der Waals surface area contributed by atoms with Gasteiger partial charge in [0.05, 0.1) is 6.54 Å². The van der Waals surface area contributed by atoms with Crippen LogP contribution < -0.4 is 0 Å². The number of halogens is 1. The third-order valence-electron chi connectivity index (χ3n) is 3.67. The van der Waals surface area contributed by atoms with Crippen molar-refractivity contribution in [2.24, 2.45) is 5.41 Å². The maximum Gasteiger partial charge on any atom is 0.165 e. The van der Waals surface area contributed by atoms with Gasteiger partial charge in [-0.3, -0.25) is 4.79 Å². The quantitative estimate of drug-likeness (QED) is 0.789. The molecular formula is C15H16BrNOS. The van der Waals surface area contributed by atoms with E-state index in [9.17, 15) is 4.79 Å². The maximum atomic E-state index is 12.2. The Morgan fingerprint density at radius 1 is 1.37 bits per heavy atom. The lowest BCUT2D eigenvalue weighted by atomic mass is 9.76. The van der Waals surface area contributed by atoms with E-state index in [4.69, 9.17) is 0 Å². The van der Waals surface area contributed by atoms with E-state index in [1.165, 1.54) is 10.6 Å². The third-order valence-corrected chi connectivity index (χ3v) is 5.58. The fourth-order valence-corrected chi connectivity index (χ4v) is 4.22. The molecule has 0 spiro atoms. The highest BCUT2D eigenvalue weighted by atomic mass is 79.9. The number of fused-ring (bicyclic) bond motifs is 1. The molecule has 1 aliphatic carbocycles. The molecule has 0 saturated heterocycles. The Labute approximate surface area is 125 Å². The largest absolute Gasteiger partial charge is 0.345 e. The summed E-state index contributed by atoms with van der Waals surface area (Å²) < 4.78 is 3.38. The Morgan fingerprint density at radius 3 is 2.84 bits per heavy atom. The number of hydrogen-bond acceptors (Lipinski definition) is 2. The highest BCUT2D eigenvalue weighted by Gasteiger charge is 2.32. The molecule has 0 aliphatic heterocycles. The molecule has 0 N–H and O–H groups in total. The SMILES string of the molecule is CC1(C)CC(=O)c2ccn(Cc3sccc3Br)c2C1. The van der Waals surface area contributed by atoms with Crippen LogP contribution in [0.4, 0.5) is 0 Å². The predicted octanol–water partition coefficient (Wildman–Crippen LogP) is 4.52. The molecule has 0 bridgehead atoms. The molecule has 0 unspecified atom stereocenters.